The van der Waals surface area contributed by atoms with Crippen LogP contribution >= 0.6 is 0 Å². The van der Waals surface area contributed by atoms with Gasteiger partial charge < -0.3 is 20.5 Å². The number of hydrogen-bond acceptors (Lipinski definition) is 4. The third-order valence-electron chi connectivity index (χ3n) is 5.11. The highest BCUT2D eigenvalue weighted by Gasteiger charge is 2.18. The molecule has 0 spiro atoms. The Labute approximate surface area is 173 Å². The van der Waals surface area contributed by atoms with Crippen molar-refractivity contribution < 1.29 is 9.84 Å². The second-order valence-electron chi connectivity index (χ2n) is 7.33. The van der Waals surface area contributed by atoms with Crippen LogP contribution < -0.4 is 15.4 Å². The van der Waals surface area contributed by atoms with Crippen LogP contribution in [-0.2, 0) is 19.5 Å². The summed E-state index contributed by atoms with van der Waals surface area (Å²) in [6.45, 7) is 6.38. The molecular formula is C23H32N4O2. The fourth-order valence-electron chi connectivity index (χ4n) is 3.53. The minimum atomic E-state index is -0.454. The van der Waals surface area contributed by atoms with Gasteiger partial charge in [0, 0.05) is 32.7 Å². The van der Waals surface area contributed by atoms with Gasteiger partial charge in [0.25, 0.3) is 0 Å². The molecule has 2 aromatic carbocycles. The molecule has 6 heteroatoms. The van der Waals surface area contributed by atoms with E-state index in [9.17, 15) is 5.11 Å². The van der Waals surface area contributed by atoms with E-state index in [1.54, 1.807) is 7.11 Å². The van der Waals surface area contributed by atoms with E-state index in [4.69, 9.17) is 4.74 Å². The molecule has 0 amide bonds. The number of nitrogens with one attached hydrogen (secondary N) is 2. The van der Waals surface area contributed by atoms with Crippen molar-refractivity contribution in [2.75, 3.05) is 33.3 Å². The third-order valence-corrected chi connectivity index (χ3v) is 5.11. The number of methoxy groups -OCH3 is 1. The number of fused-ring (bicyclic) bond motifs is 1. The first-order chi connectivity index (χ1) is 14.2. The van der Waals surface area contributed by atoms with Gasteiger partial charge in [-0.3, -0.25) is 4.90 Å². The Bertz CT molecular complexity index is 792. The average Bonchev–Trinajstić information content (AvgIpc) is 2.76. The number of nitrogens with zero attached hydrogens (tertiary/aromatic N) is 2. The minimum Gasteiger partial charge on any atom is -0.497 e. The second kappa shape index (κ2) is 10.8. The molecule has 0 aromatic heterocycles. The summed E-state index contributed by atoms with van der Waals surface area (Å²) in [5.74, 6) is 1.55. The fraction of sp³-hybridized carbons (Fsp3) is 0.435. The SMILES string of the molecule is CCNC(=NCc1ccc(OC)cc1)NCC(O)CN1CCc2ccccc2C1. The quantitative estimate of drug-likeness (QED) is 0.471. The Balaban J connectivity index is 1.47. The number of rotatable bonds is 8. The van der Waals surface area contributed by atoms with Crippen LogP contribution in [0.15, 0.2) is 53.5 Å². The molecule has 0 saturated carbocycles. The largest absolute Gasteiger partial charge is 0.497 e. The van der Waals surface area contributed by atoms with E-state index in [2.05, 4.69) is 44.8 Å². The Morgan fingerprint density at radius 2 is 1.90 bits per heavy atom. The van der Waals surface area contributed by atoms with Crippen molar-refractivity contribution in [2.45, 2.75) is 32.5 Å². The van der Waals surface area contributed by atoms with Gasteiger partial charge in [-0.05, 0) is 42.2 Å². The summed E-state index contributed by atoms with van der Waals surface area (Å²) in [5, 5.41) is 17.0. The van der Waals surface area contributed by atoms with Crippen LogP contribution in [0, 0.1) is 0 Å². The molecule has 1 aliphatic rings. The first kappa shape index (κ1) is 21.1. The number of aliphatic hydroxyl groups excluding tert-OH is 1. The molecule has 2 aromatic rings. The molecular weight excluding hydrogens is 364 g/mol. The maximum Gasteiger partial charge on any atom is 0.191 e. The summed E-state index contributed by atoms with van der Waals surface area (Å²) in [6.07, 6.45) is 0.590. The molecule has 1 heterocycles. The number of guanidine groups is 1. The molecule has 1 aliphatic heterocycles. The van der Waals surface area contributed by atoms with Crippen LogP contribution in [0.1, 0.15) is 23.6 Å². The van der Waals surface area contributed by atoms with Crippen LogP contribution in [0.5, 0.6) is 5.75 Å². The fourth-order valence-corrected chi connectivity index (χ4v) is 3.53. The van der Waals surface area contributed by atoms with Crippen LogP contribution in [0.25, 0.3) is 0 Å². The topological polar surface area (TPSA) is 69.1 Å². The van der Waals surface area contributed by atoms with Gasteiger partial charge >= 0.3 is 0 Å². The van der Waals surface area contributed by atoms with Gasteiger partial charge in [-0.2, -0.15) is 0 Å². The number of hydrogen-bond donors (Lipinski definition) is 3. The Kier molecular flexibility index (Phi) is 7.90. The van der Waals surface area contributed by atoms with Crippen molar-refractivity contribution in [2.24, 2.45) is 4.99 Å². The van der Waals surface area contributed by atoms with Gasteiger partial charge in [0.2, 0.25) is 0 Å². The van der Waals surface area contributed by atoms with Crippen molar-refractivity contribution in [3.05, 3.63) is 65.2 Å². The van der Waals surface area contributed by atoms with Gasteiger partial charge in [-0.15, -0.1) is 0 Å². The Morgan fingerprint density at radius 1 is 1.14 bits per heavy atom. The molecule has 0 fully saturated rings. The van der Waals surface area contributed by atoms with E-state index in [1.165, 1.54) is 11.1 Å². The molecule has 3 N–H and O–H groups in total. The molecule has 6 nitrogen and oxygen atoms in total. The maximum absolute atomic E-state index is 10.5. The van der Waals surface area contributed by atoms with Crippen LogP contribution in [0.3, 0.4) is 0 Å². The highest BCUT2D eigenvalue weighted by Crippen LogP contribution is 2.18. The number of ether oxygens (including phenoxy) is 1. The maximum atomic E-state index is 10.5. The van der Waals surface area contributed by atoms with Crippen LogP contribution in [0.4, 0.5) is 0 Å². The van der Waals surface area contributed by atoms with Crippen molar-refractivity contribution in [1.29, 1.82) is 0 Å². The lowest BCUT2D eigenvalue weighted by molar-refractivity contribution is 0.108. The van der Waals surface area contributed by atoms with Crippen LogP contribution in [0.2, 0.25) is 0 Å². The molecule has 0 radical (unpaired) electrons. The average molecular weight is 397 g/mol. The molecule has 1 atom stereocenters. The molecule has 0 bridgehead atoms. The summed E-state index contributed by atoms with van der Waals surface area (Å²) in [4.78, 5) is 6.93. The van der Waals surface area contributed by atoms with E-state index < -0.39 is 6.10 Å². The summed E-state index contributed by atoms with van der Waals surface area (Å²) >= 11 is 0. The van der Waals surface area contributed by atoms with E-state index in [-0.39, 0.29) is 0 Å². The van der Waals surface area contributed by atoms with Gasteiger partial charge in [0.05, 0.1) is 19.8 Å². The Morgan fingerprint density at radius 3 is 2.62 bits per heavy atom. The van der Waals surface area contributed by atoms with Crippen molar-refractivity contribution >= 4 is 5.96 Å². The third kappa shape index (κ3) is 6.48. The zero-order chi connectivity index (χ0) is 20.5. The highest BCUT2D eigenvalue weighted by atomic mass is 16.5. The number of β-amino-alcohol motifs (C(OH)–C–C–N with tert-alkyl or cyclic N) is 1. The molecule has 0 saturated heterocycles. The van der Waals surface area contributed by atoms with Gasteiger partial charge in [-0.1, -0.05) is 36.4 Å². The van der Waals surface area contributed by atoms with Crippen molar-refractivity contribution in [3.63, 3.8) is 0 Å². The van der Waals surface area contributed by atoms with Gasteiger partial charge in [0.15, 0.2) is 5.96 Å². The predicted octanol–water partition coefficient (Wildman–Crippen LogP) is 2.17. The minimum absolute atomic E-state index is 0.454. The lowest BCUT2D eigenvalue weighted by Gasteiger charge is -2.30. The summed E-state index contributed by atoms with van der Waals surface area (Å²) in [6, 6.07) is 16.5. The van der Waals surface area contributed by atoms with E-state index >= 15 is 0 Å². The summed E-state index contributed by atoms with van der Waals surface area (Å²) in [7, 11) is 1.66. The summed E-state index contributed by atoms with van der Waals surface area (Å²) in [5.41, 5.74) is 3.90. The molecule has 0 aliphatic carbocycles. The van der Waals surface area contributed by atoms with E-state index in [1.807, 2.05) is 31.2 Å². The first-order valence-electron chi connectivity index (χ1n) is 10.3. The zero-order valence-electron chi connectivity index (χ0n) is 17.4. The van der Waals surface area contributed by atoms with Crippen molar-refractivity contribution in [1.82, 2.24) is 15.5 Å². The van der Waals surface area contributed by atoms with Crippen molar-refractivity contribution in [3.8, 4) is 5.75 Å². The number of benzene rings is 2. The molecule has 156 valence electrons. The van der Waals surface area contributed by atoms with Gasteiger partial charge in [0.1, 0.15) is 5.75 Å². The zero-order valence-corrected chi connectivity index (χ0v) is 17.4. The normalized spacial score (nSPS) is 15.5. The smallest absolute Gasteiger partial charge is 0.191 e. The van der Waals surface area contributed by atoms with E-state index in [0.29, 0.717) is 25.6 Å². The molecule has 29 heavy (non-hydrogen) atoms. The second-order valence-corrected chi connectivity index (χ2v) is 7.33. The first-order valence-corrected chi connectivity index (χ1v) is 10.3. The van der Waals surface area contributed by atoms with Crippen LogP contribution in [-0.4, -0.2) is 55.4 Å². The standard InChI is InChI=1S/C23H32N4O2/c1-3-24-23(25-14-18-8-10-22(29-2)11-9-18)26-15-21(28)17-27-13-12-19-6-4-5-7-20(19)16-27/h4-11,21,28H,3,12-17H2,1-2H3,(H2,24,25,26). The lowest BCUT2D eigenvalue weighted by Crippen LogP contribution is -2.45. The Hall–Kier alpha value is -2.57. The highest BCUT2D eigenvalue weighted by molar-refractivity contribution is 5.79. The monoisotopic (exact) mass is 396 g/mol. The van der Waals surface area contributed by atoms with Gasteiger partial charge in [-0.25, -0.2) is 4.99 Å². The summed E-state index contributed by atoms with van der Waals surface area (Å²) < 4.78 is 5.19. The predicted molar refractivity (Wildman–Crippen MR) is 117 cm³/mol. The number of aliphatic imine (C=N–C) groups is 1. The number of aliphatic hydroxyl groups is 1. The molecule has 3 rings (SSSR count). The van der Waals surface area contributed by atoms with E-state index in [0.717, 1.165) is 37.4 Å². The molecule has 1 unspecified atom stereocenters. The lowest BCUT2D eigenvalue weighted by atomic mass is 10.00.